The fraction of sp³-hybridized carbons (Fsp3) is 0.353. The summed E-state index contributed by atoms with van der Waals surface area (Å²) < 4.78 is 41.5. The zero-order valence-electron chi connectivity index (χ0n) is 14.9. The van der Waals surface area contributed by atoms with Crippen LogP contribution >= 0.6 is 11.6 Å². The van der Waals surface area contributed by atoms with E-state index < -0.39 is 10.0 Å². The van der Waals surface area contributed by atoms with Crippen LogP contribution in [0.4, 0.5) is 4.39 Å². The Morgan fingerprint density at radius 1 is 1.42 bits per heavy atom. The monoisotopic (exact) mass is 400 g/mol. The van der Waals surface area contributed by atoms with Crippen LogP contribution in [0.3, 0.4) is 0 Å². The number of allylic oxidation sites excluding steroid dienone is 1. The van der Waals surface area contributed by atoms with E-state index in [0.717, 1.165) is 22.5 Å². The Kier molecular flexibility index (Phi) is 6.57. The van der Waals surface area contributed by atoms with Gasteiger partial charge in [-0.3, -0.25) is 4.68 Å². The fourth-order valence-corrected chi connectivity index (χ4v) is 3.95. The summed E-state index contributed by atoms with van der Waals surface area (Å²) in [6.07, 6.45) is 1.49. The first kappa shape index (κ1) is 20.6. The smallest absolute Gasteiger partial charge is 0.241 e. The van der Waals surface area contributed by atoms with Crippen molar-refractivity contribution in [2.24, 2.45) is 5.73 Å². The van der Waals surface area contributed by atoms with Crippen molar-refractivity contribution >= 4 is 21.6 Å². The molecule has 0 saturated heterocycles. The molecule has 9 heteroatoms. The van der Waals surface area contributed by atoms with E-state index in [2.05, 4.69) is 9.82 Å². The van der Waals surface area contributed by atoms with E-state index in [0.29, 0.717) is 6.54 Å². The minimum atomic E-state index is -3.61. The lowest BCUT2D eigenvalue weighted by molar-refractivity contribution is 0.588. The first-order valence-corrected chi connectivity index (χ1v) is 9.85. The predicted molar refractivity (Wildman–Crippen MR) is 100 cm³/mol. The molecule has 0 radical (unpaired) electrons. The minimum absolute atomic E-state index is 0.0217. The van der Waals surface area contributed by atoms with Crippen molar-refractivity contribution in [3.05, 3.63) is 57.6 Å². The number of hydrogen-bond acceptors (Lipinski definition) is 4. The number of aromatic nitrogens is 2. The number of sulfonamides is 1. The third kappa shape index (κ3) is 4.50. The Labute approximate surface area is 157 Å². The quantitative estimate of drug-likeness (QED) is 0.747. The summed E-state index contributed by atoms with van der Waals surface area (Å²) in [6.45, 7) is 4.24. The normalized spacial score (nSPS) is 12.6. The summed E-state index contributed by atoms with van der Waals surface area (Å²) >= 11 is 6.12. The van der Waals surface area contributed by atoms with Crippen LogP contribution in [0.1, 0.15) is 22.5 Å². The Morgan fingerprint density at radius 3 is 2.69 bits per heavy atom. The highest BCUT2D eigenvalue weighted by Crippen LogP contribution is 2.24. The van der Waals surface area contributed by atoms with Gasteiger partial charge in [0.15, 0.2) is 0 Å². The average Bonchev–Trinajstić information content (AvgIpc) is 2.82. The number of rotatable bonds is 7. The van der Waals surface area contributed by atoms with Crippen LogP contribution in [0, 0.1) is 13.8 Å². The highest BCUT2D eigenvalue weighted by atomic mass is 35.5. The molecule has 0 saturated carbocycles. The molecule has 0 atom stereocenters. The van der Waals surface area contributed by atoms with Crippen molar-refractivity contribution in [3.63, 3.8) is 0 Å². The van der Waals surface area contributed by atoms with E-state index in [-0.39, 0.29) is 28.7 Å². The fourth-order valence-electron chi connectivity index (χ4n) is 2.66. The third-order valence-electron chi connectivity index (χ3n) is 4.10. The molecule has 142 valence electrons. The van der Waals surface area contributed by atoms with Gasteiger partial charge >= 0.3 is 0 Å². The molecule has 2 rings (SSSR count). The van der Waals surface area contributed by atoms with Gasteiger partial charge in [-0.15, -0.1) is 0 Å². The van der Waals surface area contributed by atoms with Gasteiger partial charge in [-0.1, -0.05) is 17.7 Å². The summed E-state index contributed by atoms with van der Waals surface area (Å²) in [5.41, 5.74) is 8.52. The molecule has 1 aromatic carbocycles. The number of nitrogens with two attached hydrogens (primary N) is 1. The number of halogens is 2. The molecule has 1 heterocycles. The molecule has 0 aliphatic heterocycles. The molecule has 2 aromatic rings. The molecule has 26 heavy (non-hydrogen) atoms. The second kappa shape index (κ2) is 8.30. The second-order valence-electron chi connectivity index (χ2n) is 5.84. The molecule has 6 nitrogen and oxygen atoms in total. The number of hydrogen-bond donors (Lipinski definition) is 2. The predicted octanol–water partition coefficient (Wildman–Crippen LogP) is 2.46. The molecular formula is C17H22ClFN4O2S. The van der Waals surface area contributed by atoms with E-state index in [4.69, 9.17) is 17.3 Å². The molecule has 0 spiro atoms. The SMILES string of the molecule is CNS(=O)(=O)c1ccc(Cn2nc(C)c(C/C(F)=C/CN)c2C)cc1Cl. The Hall–Kier alpha value is -1.74. The van der Waals surface area contributed by atoms with E-state index in [1.165, 1.54) is 19.2 Å². The van der Waals surface area contributed by atoms with E-state index in [1.807, 2.05) is 13.8 Å². The Morgan fingerprint density at radius 2 is 2.12 bits per heavy atom. The van der Waals surface area contributed by atoms with Crippen molar-refractivity contribution < 1.29 is 12.8 Å². The van der Waals surface area contributed by atoms with Gasteiger partial charge in [0, 0.05) is 24.2 Å². The van der Waals surface area contributed by atoms with Gasteiger partial charge in [-0.2, -0.15) is 5.10 Å². The van der Waals surface area contributed by atoms with Crippen LogP contribution in [0.15, 0.2) is 35.0 Å². The Balaban J connectivity index is 2.30. The number of nitrogens with zero attached hydrogens (tertiary/aromatic N) is 2. The van der Waals surface area contributed by atoms with Crippen LogP contribution in [0.2, 0.25) is 5.02 Å². The van der Waals surface area contributed by atoms with Crippen LogP contribution in [-0.4, -0.2) is 31.8 Å². The van der Waals surface area contributed by atoms with Crippen LogP contribution < -0.4 is 10.5 Å². The summed E-state index contributed by atoms with van der Waals surface area (Å²) in [4.78, 5) is 0.0217. The highest BCUT2D eigenvalue weighted by molar-refractivity contribution is 7.89. The zero-order chi connectivity index (χ0) is 19.5. The molecule has 0 amide bonds. The third-order valence-corrected chi connectivity index (χ3v) is 6.00. The van der Waals surface area contributed by atoms with Crippen molar-refractivity contribution in [2.45, 2.75) is 31.7 Å². The van der Waals surface area contributed by atoms with Crippen LogP contribution in [-0.2, 0) is 23.0 Å². The van der Waals surface area contributed by atoms with Crippen molar-refractivity contribution in [1.29, 1.82) is 0 Å². The maximum atomic E-state index is 13.8. The molecule has 0 aliphatic rings. The lowest BCUT2D eigenvalue weighted by Gasteiger charge is -2.09. The maximum Gasteiger partial charge on any atom is 0.241 e. The van der Waals surface area contributed by atoms with Crippen LogP contribution in [0.5, 0.6) is 0 Å². The van der Waals surface area contributed by atoms with Gasteiger partial charge in [-0.25, -0.2) is 17.5 Å². The highest BCUT2D eigenvalue weighted by Gasteiger charge is 2.17. The molecule has 0 unspecified atom stereocenters. The van der Waals surface area contributed by atoms with Gasteiger partial charge < -0.3 is 5.73 Å². The first-order chi connectivity index (χ1) is 12.2. The molecular weight excluding hydrogens is 379 g/mol. The van der Waals surface area contributed by atoms with Gasteiger partial charge in [-0.05, 0) is 44.7 Å². The summed E-state index contributed by atoms with van der Waals surface area (Å²) in [5, 5.41) is 4.59. The molecule has 0 fully saturated rings. The molecule has 1 aromatic heterocycles. The second-order valence-corrected chi connectivity index (χ2v) is 8.10. The zero-order valence-corrected chi connectivity index (χ0v) is 16.5. The average molecular weight is 401 g/mol. The summed E-state index contributed by atoms with van der Waals surface area (Å²) in [7, 11) is -2.28. The Bertz CT molecular complexity index is 938. The van der Waals surface area contributed by atoms with Gasteiger partial charge in [0.05, 0.1) is 17.3 Å². The van der Waals surface area contributed by atoms with E-state index in [1.54, 1.807) is 16.8 Å². The van der Waals surface area contributed by atoms with E-state index in [9.17, 15) is 12.8 Å². The summed E-state index contributed by atoms with van der Waals surface area (Å²) in [5.74, 6) is -0.289. The van der Waals surface area contributed by atoms with E-state index >= 15 is 0 Å². The topological polar surface area (TPSA) is 90.0 Å². The molecule has 3 N–H and O–H groups in total. The van der Waals surface area contributed by atoms with Crippen molar-refractivity contribution in [2.75, 3.05) is 13.6 Å². The lowest BCUT2D eigenvalue weighted by Crippen LogP contribution is -2.19. The number of nitrogens with one attached hydrogen (secondary N) is 1. The van der Waals surface area contributed by atoms with Gasteiger partial charge in [0.25, 0.3) is 0 Å². The molecule has 0 aliphatic carbocycles. The molecule has 0 bridgehead atoms. The van der Waals surface area contributed by atoms with Crippen molar-refractivity contribution in [1.82, 2.24) is 14.5 Å². The standard InChI is InChI=1S/C17H22ClFN4O2S/c1-11-15(9-14(19)6-7-20)12(2)23(22-11)10-13-4-5-17(16(18)8-13)26(24,25)21-3/h4-6,8,21H,7,9-10,20H2,1-3H3/b14-6-. The first-order valence-electron chi connectivity index (χ1n) is 7.99. The largest absolute Gasteiger partial charge is 0.327 e. The number of aryl methyl sites for hydroxylation is 1. The minimum Gasteiger partial charge on any atom is -0.327 e. The number of benzene rings is 1. The summed E-state index contributed by atoms with van der Waals surface area (Å²) in [6, 6.07) is 4.73. The maximum absolute atomic E-state index is 13.8. The van der Waals surface area contributed by atoms with Crippen molar-refractivity contribution in [3.8, 4) is 0 Å². The van der Waals surface area contributed by atoms with Crippen LogP contribution in [0.25, 0.3) is 0 Å². The van der Waals surface area contributed by atoms with Gasteiger partial charge in [0.2, 0.25) is 10.0 Å². The lowest BCUT2D eigenvalue weighted by atomic mass is 10.1. The van der Waals surface area contributed by atoms with Gasteiger partial charge in [0.1, 0.15) is 10.7 Å².